The third-order valence-electron chi connectivity index (χ3n) is 4.20. The maximum atomic E-state index is 10.5. The van der Waals surface area contributed by atoms with Crippen molar-refractivity contribution in [3.8, 4) is 0 Å². The van der Waals surface area contributed by atoms with E-state index in [0.29, 0.717) is 13.2 Å². The van der Waals surface area contributed by atoms with Gasteiger partial charge in [-0.2, -0.15) is 0 Å². The van der Waals surface area contributed by atoms with Gasteiger partial charge < -0.3 is 19.3 Å². The molecule has 6 nitrogen and oxygen atoms in total. The fourth-order valence-electron chi connectivity index (χ4n) is 2.68. The molecule has 0 aliphatic heterocycles. The number of unbranched alkanes of at least 4 members (excludes halogenated alkanes) is 9. The molecule has 1 atom stereocenters. The minimum atomic E-state index is -4.20. The fourth-order valence-corrected chi connectivity index (χ4v) is 3.22. The molecule has 1 unspecified atom stereocenters. The maximum absolute atomic E-state index is 10.5. The first kappa shape index (κ1) is 29.0. The molecule has 0 rings (SSSR count). The normalized spacial score (nSPS) is 13.0. The van der Waals surface area contributed by atoms with E-state index in [9.17, 15) is 18.1 Å². The van der Waals surface area contributed by atoms with Crippen LogP contribution in [-0.4, -0.2) is 68.2 Å². The number of nitrogens with zero attached hydrogens (tertiary/aromatic N) is 1. The molecular formula is C18H38NNaO5S. The van der Waals surface area contributed by atoms with Crippen LogP contribution in [0.2, 0.25) is 0 Å². The number of likely N-dealkylation sites (N-methyl/N-ethyl adjacent to an activating group) is 1. The largest absolute Gasteiger partial charge is 1.00 e. The quantitative estimate of drug-likeness (QED) is 0.193. The number of hydrogen-bond acceptors (Lipinski definition) is 6. The second-order valence-corrected chi connectivity index (χ2v) is 8.46. The molecule has 1 N–H and O–H groups in total. The van der Waals surface area contributed by atoms with Gasteiger partial charge in [-0.3, -0.25) is 0 Å². The molecule has 8 heteroatoms. The average Bonchev–Trinajstić information content (AvgIpc) is 2.53. The van der Waals surface area contributed by atoms with Crippen molar-refractivity contribution in [2.75, 3.05) is 39.1 Å². The van der Waals surface area contributed by atoms with Crippen LogP contribution in [0.4, 0.5) is 0 Å². The molecule has 0 aromatic carbocycles. The third kappa shape index (κ3) is 22.8. The monoisotopic (exact) mass is 403 g/mol. The van der Waals surface area contributed by atoms with Crippen molar-refractivity contribution in [3.63, 3.8) is 0 Å². The predicted octanol–water partition coefficient (Wildman–Crippen LogP) is -0.234. The first-order valence-electron chi connectivity index (χ1n) is 9.73. The van der Waals surface area contributed by atoms with E-state index < -0.39 is 22.0 Å². The topological polar surface area (TPSA) is 89.9 Å². The van der Waals surface area contributed by atoms with Crippen LogP contribution in [0, 0.1) is 0 Å². The summed E-state index contributed by atoms with van der Waals surface area (Å²) in [7, 11) is -2.52. The summed E-state index contributed by atoms with van der Waals surface area (Å²) in [5.74, 6) is -0.435. The van der Waals surface area contributed by atoms with E-state index in [2.05, 4.69) is 6.92 Å². The third-order valence-corrected chi connectivity index (χ3v) is 4.88. The summed E-state index contributed by atoms with van der Waals surface area (Å²) in [6.07, 6.45) is 12.1. The van der Waals surface area contributed by atoms with Crippen molar-refractivity contribution in [3.05, 3.63) is 0 Å². The Labute approximate surface area is 183 Å². The second kappa shape index (κ2) is 19.1. The zero-order chi connectivity index (χ0) is 19.0. The summed E-state index contributed by atoms with van der Waals surface area (Å²) in [6.45, 7) is 3.55. The van der Waals surface area contributed by atoms with E-state index >= 15 is 0 Å². The molecule has 0 bridgehead atoms. The van der Waals surface area contributed by atoms with Crippen LogP contribution in [0.15, 0.2) is 0 Å². The molecule has 0 saturated heterocycles. The standard InChI is InChI=1S/C18H39NO5S.Na/c1-3-4-5-6-7-8-9-10-11-12-14-24-17-18(20)16-19(2)13-15-25(21,22)23;/h18,20H,3-17H2,1-2H3,(H,21,22,23);/q;+1/p-1. The average molecular weight is 404 g/mol. The Bertz CT molecular complexity index is 395. The van der Waals surface area contributed by atoms with E-state index in [0.717, 1.165) is 12.8 Å². The van der Waals surface area contributed by atoms with Crippen LogP contribution in [0.3, 0.4) is 0 Å². The van der Waals surface area contributed by atoms with Crippen LogP contribution in [0.5, 0.6) is 0 Å². The van der Waals surface area contributed by atoms with Crippen molar-refractivity contribution in [2.24, 2.45) is 0 Å². The molecule has 0 aliphatic rings. The number of rotatable bonds is 18. The SMILES string of the molecule is CCCCCCCCCCCCOCC(O)CN(C)CCS(=O)(=O)[O-].[Na+]. The zero-order valence-electron chi connectivity index (χ0n) is 17.1. The van der Waals surface area contributed by atoms with E-state index in [4.69, 9.17) is 4.74 Å². The molecule has 0 heterocycles. The molecule has 0 saturated carbocycles. The fraction of sp³-hybridized carbons (Fsp3) is 1.00. The van der Waals surface area contributed by atoms with Crippen LogP contribution in [0.1, 0.15) is 71.1 Å². The van der Waals surface area contributed by atoms with Gasteiger partial charge in [-0.25, -0.2) is 8.42 Å². The first-order chi connectivity index (χ1) is 11.8. The molecule has 0 amide bonds. The number of ether oxygens (including phenoxy) is 1. The minimum absolute atomic E-state index is 0. The summed E-state index contributed by atoms with van der Waals surface area (Å²) >= 11 is 0. The summed E-state index contributed by atoms with van der Waals surface area (Å²) in [6, 6.07) is 0. The van der Waals surface area contributed by atoms with Crippen molar-refractivity contribution in [1.82, 2.24) is 4.90 Å². The Balaban J connectivity index is 0. The first-order valence-corrected chi connectivity index (χ1v) is 11.3. The van der Waals surface area contributed by atoms with Gasteiger partial charge in [0.2, 0.25) is 0 Å². The Morgan fingerprint density at radius 1 is 1.00 bits per heavy atom. The summed E-state index contributed by atoms with van der Waals surface area (Å²) in [5.41, 5.74) is 0. The molecule has 0 radical (unpaired) electrons. The van der Waals surface area contributed by atoms with E-state index in [1.54, 1.807) is 11.9 Å². The number of aliphatic hydroxyl groups is 1. The van der Waals surface area contributed by atoms with Crippen LogP contribution >= 0.6 is 0 Å². The Morgan fingerprint density at radius 3 is 2.00 bits per heavy atom. The van der Waals surface area contributed by atoms with Gasteiger partial charge in [0.05, 0.1) is 28.6 Å². The van der Waals surface area contributed by atoms with Crippen molar-refractivity contribution in [1.29, 1.82) is 0 Å². The van der Waals surface area contributed by atoms with E-state index in [1.807, 2.05) is 0 Å². The summed E-state index contributed by atoms with van der Waals surface area (Å²) in [5, 5.41) is 9.82. The minimum Gasteiger partial charge on any atom is -0.748 e. The van der Waals surface area contributed by atoms with Gasteiger partial charge in [0.1, 0.15) is 0 Å². The van der Waals surface area contributed by atoms with Gasteiger partial charge in [0, 0.05) is 19.7 Å². The van der Waals surface area contributed by atoms with Crippen molar-refractivity contribution < 1.29 is 52.4 Å². The maximum Gasteiger partial charge on any atom is 1.00 e. The molecule has 0 aliphatic carbocycles. The van der Waals surface area contributed by atoms with Gasteiger partial charge >= 0.3 is 29.6 Å². The molecule has 0 spiro atoms. The van der Waals surface area contributed by atoms with Crippen molar-refractivity contribution >= 4 is 10.1 Å². The van der Waals surface area contributed by atoms with Gasteiger partial charge in [0.25, 0.3) is 0 Å². The summed E-state index contributed by atoms with van der Waals surface area (Å²) < 4.78 is 37.1. The van der Waals surface area contributed by atoms with Gasteiger partial charge in [-0.1, -0.05) is 64.7 Å². The van der Waals surface area contributed by atoms with Crippen molar-refractivity contribution in [2.45, 2.75) is 77.2 Å². The molecule has 0 aromatic rings. The van der Waals surface area contributed by atoms with Crippen LogP contribution < -0.4 is 29.6 Å². The van der Waals surface area contributed by atoms with Gasteiger partial charge in [-0.05, 0) is 13.5 Å². The summed E-state index contributed by atoms with van der Waals surface area (Å²) in [4.78, 5) is 1.63. The Morgan fingerprint density at radius 2 is 1.50 bits per heavy atom. The molecule has 26 heavy (non-hydrogen) atoms. The van der Waals surface area contributed by atoms with Crippen LogP contribution in [-0.2, 0) is 14.9 Å². The Hall–Kier alpha value is 0.790. The molecular weight excluding hydrogens is 365 g/mol. The van der Waals surface area contributed by atoms with Gasteiger partial charge in [0.15, 0.2) is 0 Å². The molecule has 152 valence electrons. The Kier molecular flexibility index (Phi) is 21.3. The predicted molar refractivity (Wildman–Crippen MR) is 101 cm³/mol. The number of aliphatic hydroxyl groups excluding tert-OH is 1. The van der Waals surface area contributed by atoms with Gasteiger partial charge in [-0.15, -0.1) is 0 Å². The zero-order valence-corrected chi connectivity index (χ0v) is 19.9. The smallest absolute Gasteiger partial charge is 0.748 e. The molecule has 0 aromatic heterocycles. The van der Waals surface area contributed by atoms with E-state index in [-0.39, 0.29) is 42.7 Å². The second-order valence-electron chi connectivity index (χ2n) is 6.93. The molecule has 0 fully saturated rings. The van der Waals surface area contributed by atoms with E-state index in [1.165, 1.54) is 51.4 Å². The van der Waals surface area contributed by atoms with Crippen LogP contribution in [0.25, 0.3) is 0 Å². The number of hydrogen-bond donors (Lipinski definition) is 1.